The first kappa shape index (κ1) is 16.3. The van der Waals surface area contributed by atoms with E-state index in [-0.39, 0.29) is 6.04 Å². The number of nitrogens with one attached hydrogen (secondary N) is 1. The highest BCUT2D eigenvalue weighted by Crippen LogP contribution is 2.44. The topological polar surface area (TPSA) is 27.6 Å². The molecule has 3 nitrogen and oxygen atoms in total. The first-order chi connectivity index (χ1) is 12.2. The molecule has 128 valence electrons. The third-order valence-electron chi connectivity index (χ3n) is 5.28. The average Bonchev–Trinajstić information content (AvgIpc) is 3.04. The van der Waals surface area contributed by atoms with E-state index in [9.17, 15) is 0 Å². The number of hydrogen-bond donors (Lipinski definition) is 1. The summed E-state index contributed by atoms with van der Waals surface area (Å²) >= 11 is 5.74. The van der Waals surface area contributed by atoms with Gasteiger partial charge in [-0.05, 0) is 48.7 Å². The molecule has 1 aliphatic heterocycles. The maximum Gasteiger partial charge on any atom is 0.194 e. The zero-order valence-electron chi connectivity index (χ0n) is 14.4. The van der Waals surface area contributed by atoms with E-state index in [0.717, 1.165) is 5.69 Å². The summed E-state index contributed by atoms with van der Waals surface area (Å²) in [7, 11) is 0. The van der Waals surface area contributed by atoms with Gasteiger partial charge < -0.3 is 5.32 Å². The first-order valence-electron chi connectivity index (χ1n) is 9.02. The second-order valence-electron chi connectivity index (χ2n) is 6.96. The summed E-state index contributed by atoms with van der Waals surface area (Å²) in [6.07, 6.45) is 3.68. The number of thiocarbonyl (C=S) groups is 1. The Morgan fingerprint density at radius 3 is 2.44 bits per heavy atom. The van der Waals surface area contributed by atoms with E-state index in [1.54, 1.807) is 0 Å². The van der Waals surface area contributed by atoms with Crippen LogP contribution in [0.2, 0.25) is 0 Å². The van der Waals surface area contributed by atoms with Crippen LogP contribution in [0.15, 0.2) is 65.8 Å². The van der Waals surface area contributed by atoms with Gasteiger partial charge in [0.15, 0.2) is 5.11 Å². The van der Waals surface area contributed by atoms with Gasteiger partial charge in [0.1, 0.15) is 0 Å². The Labute approximate surface area is 154 Å². The second-order valence-corrected chi connectivity index (χ2v) is 7.35. The van der Waals surface area contributed by atoms with E-state index >= 15 is 0 Å². The van der Waals surface area contributed by atoms with Gasteiger partial charge in [0, 0.05) is 17.3 Å². The minimum absolute atomic E-state index is 0.197. The zero-order chi connectivity index (χ0) is 17.2. The highest BCUT2D eigenvalue weighted by atomic mass is 32.1. The van der Waals surface area contributed by atoms with E-state index < -0.39 is 0 Å². The van der Waals surface area contributed by atoms with E-state index in [0.29, 0.717) is 16.9 Å². The van der Waals surface area contributed by atoms with Crippen LogP contribution in [0, 0.1) is 11.8 Å². The molecule has 0 saturated heterocycles. The molecule has 1 unspecified atom stereocenters. The smallest absolute Gasteiger partial charge is 0.194 e. The number of rotatable bonds is 2. The molecule has 1 fully saturated rings. The van der Waals surface area contributed by atoms with Crippen LogP contribution in [0.5, 0.6) is 0 Å². The first-order valence-corrected chi connectivity index (χ1v) is 9.43. The van der Waals surface area contributed by atoms with Crippen LogP contribution in [0.25, 0.3) is 0 Å². The van der Waals surface area contributed by atoms with Crippen molar-refractivity contribution < 1.29 is 0 Å². The molecule has 2 aromatic carbocycles. The van der Waals surface area contributed by atoms with Gasteiger partial charge in [0.25, 0.3) is 0 Å². The molecule has 0 bridgehead atoms. The van der Waals surface area contributed by atoms with Gasteiger partial charge in [-0.3, -0.25) is 0 Å². The minimum Gasteiger partial charge on any atom is -0.331 e. The molecule has 2 aromatic rings. The molecule has 0 radical (unpaired) electrons. The van der Waals surface area contributed by atoms with Crippen molar-refractivity contribution in [2.45, 2.75) is 32.2 Å². The van der Waals surface area contributed by atoms with Crippen molar-refractivity contribution in [1.29, 1.82) is 0 Å². The predicted octanol–water partition coefficient (Wildman–Crippen LogP) is 5.23. The van der Waals surface area contributed by atoms with Gasteiger partial charge in [-0.25, -0.2) is 5.01 Å². The quantitative estimate of drug-likeness (QED) is 0.752. The lowest BCUT2D eigenvalue weighted by atomic mass is 9.76. The van der Waals surface area contributed by atoms with Gasteiger partial charge in [-0.15, -0.1) is 0 Å². The number of fused-ring (bicyclic) bond motifs is 1. The van der Waals surface area contributed by atoms with Crippen LogP contribution in [0.1, 0.15) is 37.8 Å². The Hall–Kier alpha value is -2.20. The fourth-order valence-electron chi connectivity index (χ4n) is 4.05. The SMILES string of the molecule is CC1CCC[C@@H]2C1=NN(C(=S)Nc1ccccc1)[C@@H]2c1ccccc1. The molecule has 0 spiro atoms. The average molecular weight is 350 g/mol. The normalized spacial score (nSPS) is 25.2. The van der Waals surface area contributed by atoms with Crippen LogP contribution in [-0.4, -0.2) is 15.8 Å². The molecular weight excluding hydrogens is 326 g/mol. The lowest BCUT2D eigenvalue weighted by molar-refractivity contribution is 0.299. The Bertz CT molecular complexity index is 772. The van der Waals surface area contributed by atoms with Crippen molar-refractivity contribution in [3.05, 3.63) is 66.2 Å². The Kier molecular flexibility index (Phi) is 4.53. The van der Waals surface area contributed by atoms with Crippen molar-refractivity contribution in [1.82, 2.24) is 5.01 Å². The molecular formula is C21H23N3S. The molecule has 1 aliphatic carbocycles. The highest BCUT2D eigenvalue weighted by molar-refractivity contribution is 7.80. The number of hydrazone groups is 1. The molecule has 1 N–H and O–H groups in total. The molecule has 4 rings (SSSR count). The van der Waals surface area contributed by atoms with Crippen molar-refractivity contribution >= 4 is 28.7 Å². The Morgan fingerprint density at radius 2 is 1.72 bits per heavy atom. The van der Waals surface area contributed by atoms with Crippen LogP contribution in [0.3, 0.4) is 0 Å². The molecule has 1 saturated carbocycles. The largest absolute Gasteiger partial charge is 0.331 e. The Balaban J connectivity index is 1.66. The monoisotopic (exact) mass is 349 g/mol. The van der Waals surface area contributed by atoms with Crippen molar-refractivity contribution in [3.63, 3.8) is 0 Å². The van der Waals surface area contributed by atoms with Crippen molar-refractivity contribution in [3.8, 4) is 0 Å². The summed E-state index contributed by atoms with van der Waals surface area (Å²) in [6, 6.07) is 20.9. The predicted molar refractivity (Wildman–Crippen MR) is 108 cm³/mol. The Morgan fingerprint density at radius 1 is 1.04 bits per heavy atom. The number of para-hydroxylation sites is 1. The van der Waals surface area contributed by atoms with E-state index in [1.807, 2.05) is 35.3 Å². The van der Waals surface area contributed by atoms with Gasteiger partial charge >= 0.3 is 0 Å². The highest BCUT2D eigenvalue weighted by Gasteiger charge is 2.43. The zero-order valence-corrected chi connectivity index (χ0v) is 15.2. The van der Waals surface area contributed by atoms with Gasteiger partial charge in [-0.1, -0.05) is 61.9 Å². The fourth-order valence-corrected chi connectivity index (χ4v) is 4.32. The van der Waals surface area contributed by atoms with Crippen molar-refractivity contribution in [2.24, 2.45) is 16.9 Å². The number of benzene rings is 2. The molecule has 2 aliphatic rings. The molecule has 3 atom stereocenters. The summed E-state index contributed by atoms with van der Waals surface area (Å²) in [5.41, 5.74) is 3.61. The number of anilines is 1. The summed E-state index contributed by atoms with van der Waals surface area (Å²) in [5, 5.41) is 11.1. The van der Waals surface area contributed by atoms with Gasteiger partial charge in [-0.2, -0.15) is 5.10 Å². The maximum absolute atomic E-state index is 5.74. The molecule has 0 aromatic heterocycles. The minimum atomic E-state index is 0.197. The van der Waals surface area contributed by atoms with E-state index in [1.165, 1.54) is 30.5 Å². The lowest BCUT2D eigenvalue weighted by Crippen LogP contribution is -2.35. The summed E-state index contributed by atoms with van der Waals surface area (Å²) in [6.45, 7) is 2.30. The maximum atomic E-state index is 5.74. The number of nitrogens with zero attached hydrogens (tertiary/aromatic N) is 2. The van der Waals surface area contributed by atoms with Crippen LogP contribution in [0.4, 0.5) is 5.69 Å². The van der Waals surface area contributed by atoms with Gasteiger partial charge in [0.05, 0.1) is 6.04 Å². The van der Waals surface area contributed by atoms with Crippen LogP contribution < -0.4 is 5.32 Å². The molecule has 0 amide bonds. The number of hydrogen-bond acceptors (Lipinski definition) is 2. The molecule has 1 heterocycles. The van der Waals surface area contributed by atoms with E-state index in [4.69, 9.17) is 17.3 Å². The molecule has 25 heavy (non-hydrogen) atoms. The third kappa shape index (κ3) is 3.19. The fraction of sp³-hybridized carbons (Fsp3) is 0.333. The molecule has 4 heteroatoms. The van der Waals surface area contributed by atoms with Crippen LogP contribution in [-0.2, 0) is 0 Å². The summed E-state index contributed by atoms with van der Waals surface area (Å²) < 4.78 is 0. The third-order valence-corrected chi connectivity index (χ3v) is 5.57. The standard InChI is InChI=1S/C21H23N3S/c1-15-9-8-14-18-19(15)23-24(20(18)16-10-4-2-5-11-16)21(25)22-17-12-6-3-7-13-17/h2-7,10-13,15,18,20H,8-9,14H2,1H3,(H,22,25)/t15?,18-,20-/m1/s1. The van der Waals surface area contributed by atoms with Crippen molar-refractivity contribution in [2.75, 3.05) is 5.32 Å². The van der Waals surface area contributed by atoms with Crippen LogP contribution >= 0.6 is 12.2 Å². The van der Waals surface area contributed by atoms with E-state index in [2.05, 4.69) is 42.6 Å². The summed E-state index contributed by atoms with van der Waals surface area (Å²) in [4.78, 5) is 0. The summed E-state index contributed by atoms with van der Waals surface area (Å²) in [5.74, 6) is 0.996. The van der Waals surface area contributed by atoms with Gasteiger partial charge in [0.2, 0.25) is 0 Å². The second kappa shape index (κ2) is 6.96. The lowest BCUT2D eigenvalue weighted by Gasteiger charge is -2.31.